The minimum atomic E-state index is -0.247. The Bertz CT molecular complexity index is 2290. The van der Waals surface area contributed by atoms with Crippen LogP contribution in [0.1, 0.15) is 138 Å². The minimum absolute atomic E-state index is 0. The number of aryl methyl sites for hydroxylation is 2. The number of anilines is 3. The number of ether oxygens (including phenoxy) is 2. The molecule has 1 aromatic heterocycles. The van der Waals surface area contributed by atoms with E-state index in [9.17, 15) is 0 Å². The first-order valence-electron chi connectivity index (χ1n) is 20.6. The first-order valence-corrected chi connectivity index (χ1v) is 20.6. The van der Waals surface area contributed by atoms with Gasteiger partial charge in [-0.3, -0.25) is 4.99 Å². The Labute approximate surface area is 355 Å². The molecule has 8 rings (SSSR count). The third-order valence-electron chi connectivity index (χ3n) is 12.2. The largest absolute Gasteiger partial charge is 2.00 e. The van der Waals surface area contributed by atoms with Gasteiger partial charge in [0.15, 0.2) is 0 Å². The van der Waals surface area contributed by atoms with Gasteiger partial charge in [0.2, 0.25) is 0 Å². The molecular weight excluding hydrogens is 882 g/mol. The Morgan fingerprint density at radius 2 is 1.49 bits per heavy atom. The summed E-state index contributed by atoms with van der Waals surface area (Å²) in [5, 5.41) is 0. The second kappa shape index (κ2) is 15.5. The fourth-order valence-electron chi connectivity index (χ4n) is 9.07. The van der Waals surface area contributed by atoms with Gasteiger partial charge in [-0.05, 0) is 70.9 Å². The summed E-state index contributed by atoms with van der Waals surface area (Å²) >= 11 is 0. The molecule has 6 heteroatoms. The van der Waals surface area contributed by atoms with E-state index in [0.29, 0.717) is 23.3 Å². The normalized spacial score (nSPS) is 19.2. The topological polar surface area (TPSA) is 47.0 Å². The van der Waals surface area contributed by atoms with Crippen LogP contribution in [0.5, 0.6) is 11.5 Å². The van der Waals surface area contributed by atoms with Crippen molar-refractivity contribution in [2.45, 2.75) is 130 Å². The summed E-state index contributed by atoms with van der Waals surface area (Å²) in [5.74, 6) is 3.32. The minimum Gasteiger partial charge on any atom is -0.510 e. The SMILES string of the molecule is Cc1cc(Oc2[c-]c(C3=N[C@H](C4CCCCC4)[C@@H](c4ccccc4)O3)cc(C(C)(C)C)c2)[c-]c(N2c3ccc(C(C)(C)C)cc3C(C)(C)c3c(C)ccnc32)c1.[Pt+2]. The van der Waals surface area contributed by atoms with Gasteiger partial charge in [-0.1, -0.05) is 147 Å². The molecule has 0 bridgehead atoms. The van der Waals surface area contributed by atoms with Crippen LogP contribution in [0, 0.1) is 31.9 Å². The Kier molecular flexibility index (Phi) is 11.2. The molecular formula is C51H57N3O2Pt. The molecule has 5 aromatic rings. The van der Waals surface area contributed by atoms with E-state index >= 15 is 0 Å². The van der Waals surface area contributed by atoms with Crippen molar-refractivity contribution in [2.75, 3.05) is 4.90 Å². The molecule has 1 fully saturated rings. The van der Waals surface area contributed by atoms with Gasteiger partial charge in [-0.2, -0.15) is 5.56 Å². The Morgan fingerprint density at radius 3 is 2.19 bits per heavy atom. The maximum atomic E-state index is 6.85. The van der Waals surface area contributed by atoms with E-state index in [-0.39, 0.29) is 49.5 Å². The van der Waals surface area contributed by atoms with Crippen molar-refractivity contribution < 1.29 is 30.5 Å². The van der Waals surface area contributed by atoms with Gasteiger partial charge in [0.05, 0.1) is 6.04 Å². The number of benzene rings is 4. The number of rotatable bonds is 6. The second-order valence-corrected chi connectivity index (χ2v) is 18.9. The Morgan fingerprint density at radius 1 is 0.789 bits per heavy atom. The summed E-state index contributed by atoms with van der Waals surface area (Å²) < 4.78 is 13.7. The van der Waals surface area contributed by atoms with E-state index in [1.807, 2.05) is 6.20 Å². The molecule has 0 N–H and O–H groups in total. The standard InChI is InChI=1S/C51H57N3O2.Pt/c1-32-25-39(54-43-22-21-37(49(3,4)5)30-42(43)51(9,10)44-33(2)23-24-52-47(44)54)31-40(26-32)55-41-28-36(27-38(29-41)50(6,7)8)48-53-45(34-17-13-11-14-18-34)46(56-48)35-19-15-12-16-20-35;/h12,15-16,19-27,29-30,34,45-46H,11,13-14,17-18H2,1-10H3;/q-2;+2/t45-,46-;/m1./s1. The molecule has 0 saturated heterocycles. The van der Waals surface area contributed by atoms with Crippen molar-refractivity contribution >= 4 is 23.1 Å². The molecule has 57 heavy (non-hydrogen) atoms. The number of aromatic nitrogens is 1. The fraction of sp³-hybridized carbons (Fsp3) is 0.412. The summed E-state index contributed by atoms with van der Waals surface area (Å²) in [7, 11) is 0. The molecule has 0 unspecified atom stereocenters. The zero-order valence-corrected chi connectivity index (χ0v) is 37.6. The van der Waals surface area contributed by atoms with Gasteiger partial charge in [0, 0.05) is 34.4 Å². The maximum Gasteiger partial charge on any atom is 2.00 e. The average Bonchev–Trinajstić information content (AvgIpc) is 3.60. The zero-order chi connectivity index (χ0) is 39.6. The van der Waals surface area contributed by atoms with Gasteiger partial charge in [0.1, 0.15) is 17.8 Å². The Balaban J connectivity index is 0.00000496. The second-order valence-electron chi connectivity index (χ2n) is 18.9. The smallest absolute Gasteiger partial charge is 0.510 e. The first kappa shape index (κ1) is 41.0. The van der Waals surface area contributed by atoms with Gasteiger partial charge in [-0.25, -0.2) is 4.98 Å². The van der Waals surface area contributed by atoms with Crippen molar-refractivity contribution in [1.29, 1.82) is 0 Å². The van der Waals surface area contributed by atoms with Crippen LogP contribution < -0.4 is 9.64 Å². The number of hydrogen-bond acceptors (Lipinski definition) is 5. The number of pyridine rings is 1. The maximum absolute atomic E-state index is 6.85. The van der Waals surface area contributed by atoms with Gasteiger partial charge < -0.3 is 14.4 Å². The molecule has 3 heterocycles. The van der Waals surface area contributed by atoms with Gasteiger partial charge >= 0.3 is 21.1 Å². The number of hydrogen-bond donors (Lipinski definition) is 0. The molecule has 0 radical (unpaired) electrons. The molecule has 1 aliphatic carbocycles. The van der Waals surface area contributed by atoms with Crippen LogP contribution in [0.2, 0.25) is 0 Å². The predicted molar refractivity (Wildman–Crippen MR) is 229 cm³/mol. The number of nitrogens with zero attached hydrogens (tertiary/aromatic N) is 3. The van der Waals surface area contributed by atoms with E-state index in [4.69, 9.17) is 19.5 Å². The molecule has 5 nitrogen and oxygen atoms in total. The van der Waals surface area contributed by atoms with E-state index in [2.05, 4.69) is 165 Å². The third kappa shape index (κ3) is 7.99. The molecule has 0 spiro atoms. The summed E-state index contributed by atoms with van der Waals surface area (Å²) in [4.78, 5) is 12.7. The predicted octanol–water partition coefficient (Wildman–Crippen LogP) is 13.3. The van der Waals surface area contributed by atoms with E-state index in [1.165, 1.54) is 59.9 Å². The average molecular weight is 939 g/mol. The van der Waals surface area contributed by atoms with Gasteiger partial charge in [-0.15, -0.1) is 29.8 Å². The summed E-state index contributed by atoms with van der Waals surface area (Å²) in [6.45, 7) is 22.5. The molecule has 2 aliphatic heterocycles. The molecule has 1 saturated carbocycles. The molecule has 4 aromatic carbocycles. The van der Waals surface area contributed by atoms with Crippen molar-refractivity contribution in [2.24, 2.45) is 10.9 Å². The molecule has 2 atom stereocenters. The quantitative estimate of drug-likeness (QED) is 0.159. The number of aliphatic imine (C=N–C) groups is 1. The van der Waals surface area contributed by atoms with Crippen LogP contribution in [-0.4, -0.2) is 16.9 Å². The van der Waals surface area contributed by atoms with Crippen LogP contribution >= 0.6 is 0 Å². The van der Waals surface area contributed by atoms with Crippen molar-refractivity contribution in [3.63, 3.8) is 0 Å². The number of fused-ring (bicyclic) bond motifs is 2. The molecule has 0 amide bonds. The Hall–Kier alpha value is -4.21. The van der Waals surface area contributed by atoms with E-state index in [0.717, 1.165) is 33.9 Å². The summed E-state index contributed by atoms with van der Waals surface area (Å²) in [6, 6.07) is 35.6. The molecule has 3 aliphatic rings. The van der Waals surface area contributed by atoms with E-state index in [1.54, 1.807) is 0 Å². The third-order valence-corrected chi connectivity index (χ3v) is 12.2. The van der Waals surface area contributed by atoms with Crippen molar-refractivity contribution in [3.8, 4) is 11.5 Å². The van der Waals surface area contributed by atoms with Crippen LogP contribution in [0.25, 0.3) is 0 Å². The van der Waals surface area contributed by atoms with E-state index < -0.39 is 0 Å². The van der Waals surface area contributed by atoms with Crippen molar-refractivity contribution in [1.82, 2.24) is 4.98 Å². The monoisotopic (exact) mass is 938 g/mol. The zero-order valence-electron chi connectivity index (χ0n) is 35.3. The first-order chi connectivity index (χ1) is 26.6. The summed E-state index contributed by atoms with van der Waals surface area (Å²) in [5.41, 5.74) is 10.9. The van der Waals surface area contributed by atoms with Crippen LogP contribution in [0.15, 0.2) is 90.1 Å². The van der Waals surface area contributed by atoms with Crippen LogP contribution in [-0.2, 0) is 42.0 Å². The van der Waals surface area contributed by atoms with Crippen molar-refractivity contribution in [3.05, 3.63) is 142 Å². The van der Waals surface area contributed by atoms with Crippen LogP contribution in [0.4, 0.5) is 17.2 Å². The summed E-state index contributed by atoms with van der Waals surface area (Å²) in [6.07, 6.45) is 8.00. The fourth-order valence-corrected chi connectivity index (χ4v) is 9.07. The molecule has 298 valence electrons. The van der Waals surface area contributed by atoms with Gasteiger partial charge in [0.25, 0.3) is 0 Å². The van der Waals surface area contributed by atoms with Crippen LogP contribution in [0.3, 0.4) is 0 Å².